The number of aliphatic hydroxyl groups excluding tert-OH is 1. The Morgan fingerprint density at radius 1 is 1.36 bits per heavy atom. The Balaban J connectivity index is 2.22. The Morgan fingerprint density at radius 3 is 2.71 bits per heavy atom. The average Bonchev–Trinajstić information content (AvgIpc) is 2.62. The van der Waals surface area contributed by atoms with E-state index in [9.17, 15) is 14.9 Å². The zero-order valence-electron chi connectivity index (χ0n) is 16.0. The van der Waals surface area contributed by atoms with Gasteiger partial charge in [0.1, 0.15) is 17.4 Å². The van der Waals surface area contributed by atoms with E-state index >= 15 is 0 Å². The van der Waals surface area contributed by atoms with E-state index in [0.717, 1.165) is 0 Å². The van der Waals surface area contributed by atoms with Gasteiger partial charge in [-0.2, -0.15) is 5.26 Å². The number of benzene rings is 1. The van der Waals surface area contributed by atoms with Crippen molar-refractivity contribution in [1.82, 2.24) is 4.57 Å². The summed E-state index contributed by atoms with van der Waals surface area (Å²) in [5.74, 6) is 0.0419. The van der Waals surface area contributed by atoms with Gasteiger partial charge in [0.15, 0.2) is 6.10 Å². The van der Waals surface area contributed by atoms with Gasteiger partial charge >= 0.3 is 5.97 Å². The molecule has 146 valence electrons. The fraction of sp³-hybridized carbons (Fsp3) is 0.381. The zero-order valence-corrected chi connectivity index (χ0v) is 16.0. The summed E-state index contributed by atoms with van der Waals surface area (Å²) in [7, 11) is 0. The second-order valence-corrected chi connectivity index (χ2v) is 7.30. The standard InChI is InChI=1S/C21H22N2O5/c1-13(25)27-20-19(23-8-6-14(7-9-24)11-18(23)26)16-10-15(12-22)4-5-17(16)28-21(20,2)3/h4-6,8,10-11,19-20,24H,7,9H2,1-3H3/t19-,20+/m1/s1. The van der Waals surface area contributed by atoms with E-state index in [1.54, 1.807) is 44.3 Å². The molecule has 2 atom stereocenters. The lowest BCUT2D eigenvalue weighted by Crippen LogP contribution is -2.54. The van der Waals surface area contributed by atoms with Gasteiger partial charge in [-0.3, -0.25) is 9.59 Å². The Hall–Kier alpha value is -3.11. The monoisotopic (exact) mass is 382 g/mol. The molecule has 1 aromatic carbocycles. The van der Waals surface area contributed by atoms with Crippen molar-refractivity contribution in [3.8, 4) is 11.8 Å². The van der Waals surface area contributed by atoms with E-state index in [4.69, 9.17) is 14.6 Å². The molecular weight excluding hydrogens is 360 g/mol. The van der Waals surface area contributed by atoms with Crippen LogP contribution in [-0.4, -0.2) is 34.0 Å². The normalized spacial score (nSPS) is 19.8. The molecule has 0 saturated carbocycles. The van der Waals surface area contributed by atoms with Crippen molar-refractivity contribution in [2.75, 3.05) is 6.61 Å². The number of ether oxygens (including phenoxy) is 2. The van der Waals surface area contributed by atoms with Crippen LogP contribution in [0.25, 0.3) is 0 Å². The van der Waals surface area contributed by atoms with Crippen molar-refractivity contribution in [3.63, 3.8) is 0 Å². The molecule has 1 aliphatic heterocycles. The van der Waals surface area contributed by atoms with E-state index in [1.165, 1.54) is 17.6 Å². The van der Waals surface area contributed by atoms with Gasteiger partial charge in [0, 0.05) is 31.4 Å². The molecule has 0 fully saturated rings. The number of aliphatic hydroxyl groups is 1. The van der Waals surface area contributed by atoms with Gasteiger partial charge in [-0.15, -0.1) is 0 Å². The molecule has 7 heteroatoms. The number of fused-ring (bicyclic) bond motifs is 1. The van der Waals surface area contributed by atoms with Crippen molar-refractivity contribution in [2.24, 2.45) is 0 Å². The van der Waals surface area contributed by atoms with E-state index < -0.39 is 23.7 Å². The van der Waals surface area contributed by atoms with Crippen LogP contribution in [0.1, 0.15) is 43.5 Å². The second kappa shape index (κ2) is 7.49. The van der Waals surface area contributed by atoms with Crippen molar-refractivity contribution < 1.29 is 19.4 Å². The molecule has 0 radical (unpaired) electrons. The largest absolute Gasteiger partial charge is 0.484 e. The molecule has 0 spiro atoms. The smallest absolute Gasteiger partial charge is 0.303 e. The molecule has 1 aliphatic rings. The second-order valence-electron chi connectivity index (χ2n) is 7.30. The minimum atomic E-state index is -0.902. The van der Waals surface area contributed by atoms with Crippen LogP contribution >= 0.6 is 0 Å². The van der Waals surface area contributed by atoms with E-state index in [2.05, 4.69) is 6.07 Å². The summed E-state index contributed by atoms with van der Waals surface area (Å²) in [6.45, 7) is 4.83. The van der Waals surface area contributed by atoms with Crippen molar-refractivity contribution in [1.29, 1.82) is 5.26 Å². The number of hydrogen-bond donors (Lipinski definition) is 1. The fourth-order valence-corrected chi connectivity index (χ4v) is 3.55. The number of nitrogens with zero attached hydrogens (tertiary/aromatic N) is 2. The first-order valence-corrected chi connectivity index (χ1v) is 8.99. The Morgan fingerprint density at radius 2 is 2.11 bits per heavy atom. The fourth-order valence-electron chi connectivity index (χ4n) is 3.55. The topological polar surface area (TPSA) is 102 Å². The third-order valence-electron chi connectivity index (χ3n) is 4.81. The molecule has 0 aliphatic carbocycles. The number of aromatic nitrogens is 1. The summed E-state index contributed by atoms with van der Waals surface area (Å²) in [5.41, 5.74) is 0.533. The first kappa shape index (κ1) is 19.6. The molecule has 0 saturated heterocycles. The highest BCUT2D eigenvalue weighted by Crippen LogP contribution is 2.43. The van der Waals surface area contributed by atoms with Crippen molar-refractivity contribution in [2.45, 2.75) is 44.9 Å². The van der Waals surface area contributed by atoms with Gasteiger partial charge in [-0.1, -0.05) is 0 Å². The number of esters is 1. The lowest BCUT2D eigenvalue weighted by Gasteiger charge is -2.44. The maximum absolute atomic E-state index is 12.9. The quantitative estimate of drug-likeness (QED) is 0.811. The van der Waals surface area contributed by atoms with E-state index in [-0.39, 0.29) is 12.2 Å². The van der Waals surface area contributed by atoms with Crippen molar-refractivity contribution in [3.05, 3.63) is 63.6 Å². The SMILES string of the molecule is CC(=O)O[C@H]1[C@H](n2ccc(CCO)cc2=O)c2cc(C#N)ccc2OC1(C)C. The summed E-state index contributed by atoms with van der Waals surface area (Å²) in [4.78, 5) is 24.6. The molecule has 0 bridgehead atoms. The number of nitriles is 1. The van der Waals surface area contributed by atoms with Gasteiger partial charge in [0.05, 0.1) is 11.6 Å². The van der Waals surface area contributed by atoms with Gasteiger partial charge in [0.2, 0.25) is 0 Å². The molecule has 0 unspecified atom stereocenters. The zero-order chi connectivity index (χ0) is 20.5. The molecule has 1 N–H and O–H groups in total. The molecule has 2 aromatic rings. The molecule has 2 heterocycles. The van der Waals surface area contributed by atoms with Crippen LogP contribution in [0.3, 0.4) is 0 Å². The highest BCUT2D eigenvalue weighted by atomic mass is 16.6. The third kappa shape index (κ3) is 3.64. The number of rotatable bonds is 4. The number of carbonyl (C=O) groups excluding carboxylic acids is 1. The highest BCUT2D eigenvalue weighted by molar-refractivity contribution is 5.66. The summed E-state index contributed by atoms with van der Waals surface area (Å²) >= 11 is 0. The predicted octanol–water partition coefficient (Wildman–Crippen LogP) is 1.95. The number of carbonyl (C=O) groups is 1. The Bertz CT molecular complexity index is 1000. The average molecular weight is 382 g/mol. The lowest BCUT2D eigenvalue weighted by molar-refractivity contribution is -0.163. The summed E-state index contributed by atoms with van der Waals surface area (Å²) in [6.07, 6.45) is 1.21. The van der Waals surface area contributed by atoms with Crippen LogP contribution in [0, 0.1) is 11.3 Å². The van der Waals surface area contributed by atoms with Crippen LogP contribution in [0.5, 0.6) is 5.75 Å². The van der Waals surface area contributed by atoms with Gasteiger partial charge < -0.3 is 19.1 Å². The van der Waals surface area contributed by atoms with Gasteiger partial charge in [0.25, 0.3) is 5.56 Å². The van der Waals surface area contributed by atoms with Crippen LogP contribution < -0.4 is 10.3 Å². The van der Waals surface area contributed by atoms with Crippen LogP contribution in [-0.2, 0) is 16.0 Å². The highest BCUT2D eigenvalue weighted by Gasteiger charge is 2.47. The molecule has 7 nitrogen and oxygen atoms in total. The summed E-state index contributed by atoms with van der Waals surface area (Å²) in [6, 6.07) is 9.62. The first-order chi connectivity index (χ1) is 13.3. The molecule has 3 rings (SSSR count). The maximum atomic E-state index is 12.9. The Kier molecular flexibility index (Phi) is 5.25. The molecule has 28 heavy (non-hydrogen) atoms. The predicted molar refractivity (Wildman–Crippen MR) is 101 cm³/mol. The van der Waals surface area contributed by atoms with Crippen LogP contribution in [0.4, 0.5) is 0 Å². The number of pyridine rings is 1. The Labute approximate surface area is 162 Å². The van der Waals surface area contributed by atoms with E-state index in [1.807, 2.05) is 0 Å². The number of hydrogen-bond acceptors (Lipinski definition) is 6. The summed E-state index contributed by atoms with van der Waals surface area (Å²) < 4.78 is 13.1. The molecule has 1 aromatic heterocycles. The third-order valence-corrected chi connectivity index (χ3v) is 4.81. The van der Waals surface area contributed by atoms with Crippen LogP contribution in [0.15, 0.2) is 41.3 Å². The minimum absolute atomic E-state index is 0.0574. The first-order valence-electron chi connectivity index (χ1n) is 8.99. The van der Waals surface area contributed by atoms with Crippen molar-refractivity contribution >= 4 is 5.97 Å². The van der Waals surface area contributed by atoms with Crippen LogP contribution in [0.2, 0.25) is 0 Å². The lowest BCUT2D eigenvalue weighted by atomic mass is 9.85. The maximum Gasteiger partial charge on any atom is 0.303 e. The van der Waals surface area contributed by atoms with E-state index in [0.29, 0.717) is 28.9 Å². The molecule has 0 amide bonds. The molecular formula is C21H22N2O5. The summed E-state index contributed by atoms with van der Waals surface area (Å²) in [5, 5.41) is 18.4. The minimum Gasteiger partial charge on any atom is -0.484 e. The van der Waals surface area contributed by atoms with Gasteiger partial charge in [-0.25, -0.2) is 0 Å². The van der Waals surface area contributed by atoms with Gasteiger partial charge in [-0.05, 0) is 50.1 Å².